The third-order valence-corrected chi connectivity index (χ3v) is 3.57. The van der Waals surface area contributed by atoms with Gasteiger partial charge in [0, 0.05) is 17.4 Å². The molecule has 0 amide bonds. The maximum Gasteiger partial charge on any atom is 0.252 e. The molecule has 0 bridgehead atoms. The first-order chi connectivity index (χ1) is 6.74. The molecule has 1 atom stereocenters. The number of fused-ring (bicyclic) bond motifs is 1. The lowest BCUT2D eigenvalue weighted by atomic mass is 10.5. The molecule has 0 aliphatic carbocycles. The quantitative estimate of drug-likeness (QED) is 0.706. The summed E-state index contributed by atoms with van der Waals surface area (Å²) in [5.74, 6) is 0.628. The van der Waals surface area contributed by atoms with Crippen LogP contribution in [0.4, 0.5) is 0 Å². The molecule has 0 saturated carbocycles. The summed E-state index contributed by atoms with van der Waals surface area (Å²) in [6.45, 7) is 3.81. The van der Waals surface area contributed by atoms with E-state index in [0.29, 0.717) is 5.75 Å². The zero-order chi connectivity index (χ0) is 10.1. The zero-order valence-electron chi connectivity index (χ0n) is 8.23. The van der Waals surface area contributed by atoms with E-state index in [1.807, 2.05) is 42.6 Å². The Morgan fingerprint density at radius 3 is 3.00 bits per heavy atom. The Kier molecular flexibility index (Phi) is 2.48. The van der Waals surface area contributed by atoms with Gasteiger partial charge in [-0.25, -0.2) is 4.98 Å². The first-order valence-corrected chi connectivity index (χ1v) is 5.88. The van der Waals surface area contributed by atoms with Crippen LogP contribution < -0.4 is 0 Å². The fourth-order valence-corrected chi connectivity index (χ4v) is 2.52. The highest BCUT2D eigenvalue weighted by Crippen LogP contribution is 2.18. The molecule has 0 saturated heterocycles. The number of imidazole rings is 1. The molecule has 2 heterocycles. The predicted molar refractivity (Wildman–Crippen MR) is 56.9 cm³/mol. The normalized spacial score (nSPS) is 13.4. The van der Waals surface area contributed by atoms with E-state index in [-0.39, 0.29) is 0 Å². The van der Waals surface area contributed by atoms with Crippen LogP contribution in [0.5, 0.6) is 0 Å². The van der Waals surface area contributed by atoms with E-state index in [2.05, 4.69) is 4.98 Å². The van der Waals surface area contributed by atoms with Crippen molar-refractivity contribution in [1.82, 2.24) is 9.38 Å². The summed E-state index contributed by atoms with van der Waals surface area (Å²) in [6, 6.07) is 5.77. The van der Waals surface area contributed by atoms with Crippen molar-refractivity contribution in [3.63, 3.8) is 0 Å². The molecule has 2 rings (SSSR count). The lowest BCUT2D eigenvalue weighted by Crippen LogP contribution is -2.08. The van der Waals surface area contributed by atoms with Crippen LogP contribution in [0.3, 0.4) is 0 Å². The maximum absolute atomic E-state index is 11.8. The van der Waals surface area contributed by atoms with Crippen molar-refractivity contribution in [2.45, 2.75) is 18.9 Å². The van der Waals surface area contributed by atoms with E-state index >= 15 is 0 Å². The van der Waals surface area contributed by atoms with Crippen molar-refractivity contribution < 1.29 is 4.55 Å². The molecule has 0 spiro atoms. The molecule has 2 aromatic rings. The second-order valence-electron chi connectivity index (χ2n) is 3.07. The number of nitrogens with zero attached hydrogens (tertiary/aromatic N) is 2. The average Bonchev–Trinajstić information content (AvgIpc) is 2.53. The molecule has 0 aliphatic heterocycles. The molecule has 1 unspecified atom stereocenters. The molecule has 0 aliphatic rings. The van der Waals surface area contributed by atoms with Gasteiger partial charge in [-0.2, -0.15) is 0 Å². The van der Waals surface area contributed by atoms with Gasteiger partial charge in [-0.1, -0.05) is 6.07 Å². The van der Waals surface area contributed by atoms with Crippen LogP contribution in [-0.2, 0) is 11.2 Å². The molecule has 0 radical (unpaired) electrons. The molecule has 0 aromatic carbocycles. The maximum atomic E-state index is 11.8. The number of pyridine rings is 1. The highest BCUT2D eigenvalue weighted by atomic mass is 32.2. The van der Waals surface area contributed by atoms with Crippen molar-refractivity contribution in [2.75, 3.05) is 5.75 Å². The van der Waals surface area contributed by atoms with Crippen LogP contribution in [0, 0.1) is 6.92 Å². The third-order valence-electron chi connectivity index (χ3n) is 2.13. The Morgan fingerprint density at radius 1 is 1.50 bits per heavy atom. The van der Waals surface area contributed by atoms with Crippen LogP contribution in [0.2, 0.25) is 0 Å². The highest BCUT2D eigenvalue weighted by molar-refractivity contribution is 7.91. The smallest absolute Gasteiger partial charge is 0.252 e. The number of aromatic nitrogens is 2. The first kappa shape index (κ1) is 9.55. The van der Waals surface area contributed by atoms with Crippen LogP contribution in [0.25, 0.3) is 5.65 Å². The third kappa shape index (κ3) is 1.40. The van der Waals surface area contributed by atoms with Crippen molar-refractivity contribution in [3.8, 4) is 0 Å². The number of hydrogen-bond acceptors (Lipinski definition) is 2. The lowest BCUT2D eigenvalue weighted by Gasteiger charge is -2.07. The topological polar surface area (TPSA) is 40.4 Å². The molecule has 74 valence electrons. The van der Waals surface area contributed by atoms with Gasteiger partial charge in [-0.15, -0.1) is 0 Å². The molecule has 4 heteroatoms. The fraction of sp³-hybridized carbons (Fsp3) is 0.300. The van der Waals surface area contributed by atoms with Gasteiger partial charge in [0.1, 0.15) is 17.1 Å². The van der Waals surface area contributed by atoms with Crippen LogP contribution in [0.1, 0.15) is 12.6 Å². The van der Waals surface area contributed by atoms with Gasteiger partial charge in [0.15, 0.2) is 0 Å². The van der Waals surface area contributed by atoms with Crippen molar-refractivity contribution in [1.29, 1.82) is 0 Å². The average molecular weight is 208 g/mol. The predicted octanol–water partition coefficient (Wildman–Crippen LogP) is 1.77. The van der Waals surface area contributed by atoms with Gasteiger partial charge in [0.05, 0.1) is 0 Å². The Balaban J connectivity index is 2.67. The van der Waals surface area contributed by atoms with Gasteiger partial charge < -0.3 is 4.55 Å². The summed E-state index contributed by atoms with van der Waals surface area (Å²) in [5.41, 5.74) is 1.72. The Morgan fingerprint density at radius 2 is 2.29 bits per heavy atom. The van der Waals surface area contributed by atoms with E-state index in [9.17, 15) is 4.55 Å². The summed E-state index contributed by atoms with van der Waals surface area (Å²) in [5, 5.41) is 0.822. The van der Waals surface area contributed by atoms with Crippen molar-refractivity contribution in [3.05, 3.63) is 30.1 Å². The first-order valence-electron chi connectivity index (χ1n) is 4.56. The SMILES string of the molecule is CC[S+]([O-])c1c(C)nc2ccccn12. The molecule has 0 fully saturated rings. The largest absolute Gasteiger partial charge is 0.610 e. The minimum Gasteiger partial charge on any atom is -0.610 e. The van der Waals surface area contributed by atoms with Crippen LogP contribution >= 0.6 is 0 Å². The van der Waals surface area contributed by atoms with Crippen LogP contribution in [0.15, 0.2) is 29.4 Å². The molecule has 3 nitrogen and oxygen atoms in total. The van der Waals surface area contributed by atoms with E-state index < -0.39 is 11.2 Å². The summed E-state index contributed by atoms with van der Waals surface area (Å²) in [4.78, 5) is 4.35. The minimum atomic E-state index is -0.945. The second kappa shape index (κ2) is 3.63. The lowest BCUT2D eigenvalue weighted by molar-refractivity contribution is 0.590. The molecular formula is C10H12N2OS. The van der Waals surface area contributed by atoms with Gasteiger partial charge in [-0.05, 0) is 26.0 Å². The molecular weight excluding hydrogens is 196 g/mol. The van der Waals surface area contributed by atoms with E-state index in [1.165, 1.54) is 0 Å². The van der Waals surface area contributed by atoms with Gasteiger partial charge in [0.2, 0.25) is 0 Å². The number of rotatable bonds is 2. The summed E-state index contributed by atoms with van der Waals surface area (Å²) >= 11 is -0.945. The van der Waals surface area contributed by atoms with E-state index in [0.717, 1.165) is 16.4 Å². The zero-order valence-corrected chi connectivity index (χ0v) is 9.04. The molecule has 14 heavy (non-hydrogen) atoms. The number of aryl methyl sites for hydroxylation is 1. The summed E-state index contributed by atoms with van der Waals surface area (Å²) < 4.78 is 13.7. The van der Waals surface area contributed by atoms with Crippen molar-refractivity contribution >= 4 is 16.8 Å². The summed E-state index contributed by atoms with van der Waals surface area (Å²) in [6.07, 6.45) is 1.90. The van der Waals surface area contributed by atoms with Crippen LogP contribution in [-0.4, -0.2) is 19.7 Å². The Bertz CT molecular complexity index is 452. The standard InChI is InChI=1S/C10H12N2OS/c1-3-14(13)10-8(2)11-9-6-4-5-7-12(9)10/h4-7H,3H2,1-2H3. The van der Waals surface area contributed by atoms with Gasteiger partial charge in [-0.3, -0.25) is 4.40 Å². The van der Waals surface area contributed by atoms with Crippen molar-refractivity contribution in [2.24, 2.45) is 0 Å². The van der Waals surface area contributed by atoms with Gasteiger partial charge in [0.25, 0.3) is 5.03 Å². The Labute approximate surface area is 86.0 Å². The fourth-order valence-electron chi connectivity index (χ4n) is 1.50. The molecule has 0 N–H and O–H groups in total. The van der Waals surface area contributed by atoms with E-state index in [1.54, 1.807) is 0 Å². The monoisotopic (exact) mass is 208 g/mol. The second-order valence-corrected chi connectivity index (χ2v) is 4.72. The molecule has 2 aromatic heterocycles. The van der Waals surface area contributed by atoms with E-state index in [4.69, 9.17) is 0 Å². The summed E-state index contributed by atoms with van der Waals surface area (Å²) in [7, 11) is 0. The minimum absolute atomic E-state index is 0.628. The highest BCUT2D eigenvalue weighted by Gasteiger charge is 2.18. The Hall–Kier alpha value is -1.00. The van der Waals surface area contributed by atoms with Gasteiger partial charge >= 0.3 is 0 Å². The number of hydrogen-bond donors (Lipinski definition) is 0.